The SMILES string of the molecule is CCOC(=O)C(C#N)Cc1ccc(C)cc1Cl. The van der Waals surface area contributed by atoms with Crippen molar-refractivity contribution in [3.63, 3.8) is 0 Å². The van der Waals surface area contributed by atoms with Crippen LogP contribution in [0.3, 0.4) is 0 Å². The predicted octanol–water partition coefficient (Wildman–Crippen LogP) is 2.89. The van der Waals surface area contributed by atoms with Gasteiger partial charge in [0, 0.05) is 11.4 Å². The highest BCUT2D eigenvalue weighted by Crippen LogP contribution is 2.21. The van der Waals surface area contributed by atoms with E-state index in [4.69, 9.17) is 21.6 Å². The van der Waals surface area contributed by atoms with Crippen molar-refractivity contribution >= 4 is 17.6 Å². The van der Waals surface area contributed by atoms with Gasteiger partial charge in [-0.3, -0.25) is 4.79 Å². The van der Waals surface area contributed by atoms with E-state index < -0.39 is 11.9 Å². The Hall–Kier alpha value is -1.53. The number of nitrogens with zero attached hydrogens (tertiary/aromatic N) is 1. The first kappa shape index (κ1) is 13.5. The van der Waals surface area contributed by atoms with Crippen molar-refractivity contribution in [3.8, 4) is 6.07 Å². The van der Waals surface area contributed by atoms with E-state index in [1.807, 2.05) is 31.2 Å². The number of carbonyl (C=O) groups is 1. The fraction of sp³-hybridized carbons (Fsp3) is 0.385. The number of nitriles is 1. The van der Waals surface area contributed by atoms with Crippen LogP contribution in [0.5, 0.6) is 0 Å². The molecule has 0 aromatic heterocycles. The number of esters is 1. The molecule has 0 fully saturated rings. The molecule has 0 saturated heterocycles. The monoisotopic (exact) mass is 251 g/mol. The fourth-order valence-corrected chi connectivity index (χ4v) is 1.77. The van der Waals surface area contributed by atoms with Crippen LogP contribution < -0.4 is 0 Å². The van der Waals surface area contributed by atoms with Crippen LogP contribution >= 0.6 is 11.6 Å². The van der Waals surface area contributed by atoms with Crippen LogP contribution in [0, 0.1) is 24.2 Å². The summed E-state index contributed by atoms with van der Waals surface area (Å²) in [5.74, 6) is -1.29. The minimum absolute atomic E-state index is 0.276. The minimum Gasteiger partial charge on any atom is -0.465 e. The molecule has 0 aliphatic rings. The van der Waals surface area contributed by atoms with E-state index in [9.17, 15) is 4.79 Å². The molecule has 0 bridgehead atoms. The molecule has 1 unspecified atom stereocenters. The molecule has 1 aromatic rings. The largest absolute Gasteiger partial charge is 0.465 e. The molecule has 0 aliphatic carbocycles. The van der Waals surface area contributed by atoms with E-state index in [2.05, 4.69) is 0 Å². The van der Waals surface area contributed by atoms with Gasteiger partial charge in [0.15, 0.2) is 0 Å². The first-order valence-corrected chi connectivity index (χ1v) is 5.77. The number of hydrogen-bond acceptors (Lipinski definition) is 3. The quantitative estimate of drug-likeness (QED) is 0.773. The molecule has 1 aromatic carbocycles. The van der Waals surface area contributed by atoms with E-state index >= 15 is 0 Å². The van der Waals surface area contributed by atoms with Crippen LogP contribution in [0.4, 0.5) is 0 Å². The molecule has 0 heterocycles. The Balaban J connectivity index is 2.81. The highest BCUT2D eigenvalue weighted by molar-refractivity contribution is 6.31. The first-order valence-electron chi connectivity index (χ1n) is 5.39. The van der Waals surface area contributed by atoms with Gasteiger partial charge in [0.05, 0.1) is 12.7 Å². The van der Waals surface area contributed by atoms with Crippen LogP contribution in [0.15, 0.2) is 18.2 Å². The van der Waals surface area contributed by atoms with Crippen LogP contribution in [0.2, 0.25) is 5.02 Å². The second kappa shape index (κ2) is 6.27. The average Bonchev–Trinajstić information content (AvgIpc) is 2.28. The molecule has 1 atom stereocenters. The Labute approximate surface area is 106 Å². The van der Waals surface area contributed by atoms with Gasteiger partial charge in [0.1, 0.15) is 5.92 Å². The Bertz CT molecular complexity index is 451. The lowest BCUT2D eigenvalue weighted by Crippen LogP contribution is -2.18. The zero-order chi connectivity index (χ0) is 12.8. The molecule has 0 N–H and O–H groups in total. The summed E-state index contributed by atoms with van der Waals surface area (Å²) in [5.41, 5.74) is 1.83. The van der Waals surface area contributed by atoms with Gasteiger partial charge in [-0.1, -0.05) is 23.7 Å². The zero-order valence-electron chi connectivity index (χ0n) is 9.87. The smallest absolute Gasteiger partial charge is 0.323 e. The van der Waals surface area contributed by atoms with Gasteiger partial charge in [-0.05, 0) is 31.0 Å². The molecular formula is C13H14ClNO2. The highest BCUT2D eigenvalue weighted by atomic mass is 35.5. The van der Waals surface area contributed by atoms with E-state index in [0.29, 0.717) is 5.02 Å². The van der Waals surface area contributed by atoms with Gasteiger partial charge in [-0.2, -0.15) is 5.26 Å². The Morgan fingerprint density at radius 2 is 2.29 bits per heavy atom. The Morgan fingerprint density at radius 3 is 2.82 bits per heavy atom. The summed E-state index contributed by atoms with van der Waals surface area (Å²) in [7, 11) is 0. The maximum atomic E-state index is 11.5. The van der Waals surface area contributed by atoms with Crippen LogP contribution in [-0.2, 0) is 16.0 Å². The summed E-state index contributed by atoms with van der Waals surface area (Å²) in [6.45, 7) is 3.92. The van der Waals surface area contributed by atoms with Crippen molar-refractivity contribution in [1.29, 1.82) is 5.26 Å². The van der Waals surface area contributed by atoms with E-state index in [-0.39, 0.29) is 13.0 Å². The van der Waals surface area contributed by atoms with Crippen LogP contribution in [-0.4, -0.2) is 12.6 Å². The normalized spacial score (nSPS) is 11.6. The average molecular weight is 252 g/mol. The second-order valence-electron chi connectivity index (χ2n) is 3.73. The third kappa shape index (κ3) is 3.76. The van der Waals surface area contributed by atoms with Crippen molar-refractivity contribution in [1.82, 2.24) is 0 Å². The number of rotatable bonds is 4. The highest BCUT2D eigenvalue weighted by Gasteiger charge is 2.20. The molecule has 0 saturated carbocycles. The maximum absolute atomic E-state index is 11.5. The molecule has 0 aliphatic heterocycles. The zero-order valence-corrected chi connectivity index (χ0v) is 10.6. The van der Waals surface area contributed by atoms with E-state index in [1.165, 1.54) is 0 Å². The Kier molecular flexibility index (Phi) is 4.99. The number of halogens is 1. The van der Waals surface area contributed by atoms with Crippen molar-refractivity contribution < 1.29 is 9.53 Å². The number of carbonyl (C=O) groups excluding carboxylic acids is 1. The molecule has 0 radical (unpaired) electrons. The van der Waals surface area contributed by atoms with Crippen molar-refractivity contribution in [3.05, 3.63) is 34.3 Å². The van der Waals surface area contributed by atoms with Crippen molar-refractivity contribution in [2.75, 3.05) is 6.61 Å². The van der Waals surface area contributed by atoms with Crippen molar-refractivity contribution in [2.24, 2.45) is 5.92 Å². The van der Waals surface area contributed by atoms with Gasteiger partial charge in [0.25, 0.3) is 0 Å². The summed E-state index contributed by atoms with van der Waals surface area (Å²) in [5, 5.41) is 9.51. The van der Waals surface area contributed by atoms with Gasteiger partial charge < -0.3 is 4.74 Å². The molecule has 4 heteroatoms. The number of hydrogen-bond donors (Lipinski definition) is 0. The summed E-state index contributed by atoms with van der Waals surface area (Å²) in [6, 6.07) is 7.50. The first-order chi connectivity index (χ1) is 8.08. The molecule has 0 amide bonds. The molecule has 90 valence electrons. The van der Waals surface area contributed by atoms with Crippen LogP contribution in [0.25, 0.3) is 0 Å². The number of ether oxygens (including phenoxy) is 1. The van der Waals surface area contributed by atoms with Gasteiger partial charge in [-0.15, -0.1) is 0 Å². The minimum atomic E-state index is -0.796. The topological polar surface area (TPSA) is 50.1 Å². The van der Waals surface area contributed by atoms with Crippen LogP contribution in [0.1, 0.15) is 18.1 Å². The molecule has 1 rings (SSSR count). The summed E-state index contributed by atoms with van der Waals surface area (Å²) >= 11 is 6.05. The molecule has 17 heavy (non-hydrogen) atoms. The lowest BCUT2D eigenvalue weighted by molar-refractivity contribution is -0.145. The molecule has 0 spiro atoms. The lowest BCUT2D eigenvalue weighted by Gasteiger charge is -2.10. The number of benzene rings is 1. The van der Waals surface area contributed by atoms with Gasteiger partial charge in [-0.25, -0.2) is 0 Å². The van der Waals surface area contributed by atoms with Gasteiger partial charge >= 0.3 is 5.97 Å². The van der Waals surface area contributed by atoms with E-state index in [0.717, 1.165) is 11.1 Å². The third-order valence-electron chi connectivity index (χ3n) is 2.36. The number of aryl methyl sites for hydroxylation is 1. The van der Waals surface area contributed by atoms with E-state index in [1.54, 1.807) is 6.92 Å². The summed E-state index contributed by atoms with van der Waals surface area (Å²) < 4.78 is 4.83. The van der Waals surface area contributed by atoms with Crippen molar-refractivity contribution in [2.45, 2.75) is 20.3 Å². The molecular weight excluding hydrogens is 238 g/mol. The summed E-state index contributed by atoms with van der Waals surface area (Å²) in [6.07, 6.45) is 0.286. The van der Waals surface area contributed by atoms with Gasteiger partial charge in [0.2, 0.25) is 0 Å². The lowest BCUT2D eigenvalue weighted by atomic mass is 10.00. The second-order valence-corrected chi connectivity index (χ2v) is 4.14. The molecule has 3 nitrogen and oxygen atoms in total. The maximum Gasteiger partial charge on any atom is 0.323 e. The fourth-order valence-electron chi connectivity index (χ4n) is 1.46. The Morgan fingerprint density at radius 1 is 1.59 bits per heavy atom. The standard InChI is InChI=1S/C13H14ClNO2/c1-3-17-13(16)11(8-15)7-10-5-4-9(2)6-12(10)14/h4-6,11H,3,7H2,1-2H3. The predicted molar refractivity (Wildman–Crippen MR) is 65.6 cm³/mol. The third-order valence-corrected chi connectivity index (χ3v) is 2.71. The summed E-state index contributed by atoms with van der Waals surface area (Å²) in [4.78, 5) is 11.5.